The van der Waals surface area contributed by atoms with Gasteiger partial charge in [0.05, 0.1) is 4.88 Å². The molecule has 0 saturated heterocycles. The van der Waals surface area contributed by atoms with Crippen LogP contribution in [0.15, 0.2) is 22.1 Å². The molecule has 0 amide bonds. The molecule has 1 unspecified atom stereocenters. The van der Waals surface area contributed by atoms with Gasteiger partial charge in [-0.1, -0.05) is 13.8 Å². The number of thiophene rings is 1. The van der Waals surface area contributed by atoms with Crippen LogP contribution in [0.4, 0.5) is 0 Å². The van der Waals surface area contributed by atoms with Crippen molar-refractivity contribution in [2.24, 2.45) is 11.1 Å². The lowest BCUT2D eigenvalue weighted by atomic mass is 9.74. The van der Waals surface area contributed by atoms with Crippen LogP contribution in [-0.2, 0) is 6.42 Å². The monoisotopic (exact) mass is 337 g/mol. The van der Waals surface area contributed by atoms with Crippen LogP contribution in [0.1, 0.15) is 37.6 Å². The van der Waals surface area contributed by atoms with E-state index in [1.165, 1.54) is 0 Å². The van der Waals surface area contributed by atoms with Crippen molar-refractivity contribution in [1.82, 2.24) is 9.97 Å². The molecule has 2 N–H and O–H groups in total. The first-order valence-corrected chi connectivity index (χ1v) is 7.98. The van der Waals surface area contributed by atoms with E-state index in [1.54, 1.807) is 11.3 Å². The molecule has 2 aromatic heterocycles. The Kier molecular flexibility index (Phi) is 3.23. The SMILES string of the molecule is CC1(C)Cc2nc(-c3cc(Br)cs3)ncc2C(N)C1. The average molecular weight is 338 g/mol. The molecule has 2 aromatic rings. The number of nitrogens with zero attached hydrogens (tertiary/aromatic N) is 2. The van der Waals surface area contributed by atoms with Gasteiger partial charge in [0, 0.05) is 33.3 Å². The van der Waals surface area contributed by atoms with Gasteiger partial charge in [0.15, 0.2) is 5.82 Å². The number of fused-ring (bicyclic) bond motifs is 1. The van der Waals surface area contributed by atoms with E-state index < -0.39 is 0 Å². The van der Waals surface area contributed by atoms with Crippen LogP contribution in [0.5, 0.6) is 0 Å². The maximum Gasteiger partial charge on any atom is 0.169 e. The molecule has 100 valence electrons. The molecular formula is C14H16BrN3S. The number of aromatic nitrogens is 2. The van der Waals surface area contributed by atoms with Crippen LogP contribution in [0.25, 0.3) is 10.7 Å². The lowest BCUT2D eigenvalue weighted by Crippen LogP contribution is -2.30. The van der Waals surface area contributed by atoms with E-state index in [9.17, 15) is 0 Å². The zero-order valence-electron chi connectivity index (χ0n) is 11.0. The molecule has 0 aromatic carbocycles. The van der Waals surface area contributed by atoms with Crippen molar-refractivity contribution in [2.75, 3.05) is 0 Å². The summed E-state index contributed by atoms with van der Waals surface area (Å²) in [6.45, 7) is 4.50. The summed E-state index contributed by atoms with van der Waals surface area (Å²) in [5.41, 5.74) is 8.67. The first kappa shape index (κ1) is 13.2. The smallest absolute Gasteiger partial charge is 0.169 e. The summed E-state index contributed by atoms with van der Waals surface area (Å²) in [4.78, 5) is 10.3. The van der Waals surface area contributed by atoms with Crippen LogP contribution < -0.4 is 5.73 Å². The van der Waals surface area contributed by atoms with E-state index in [1.807, 2.05) is 11.6 Å². The van der Waals surface area contributed by atoms with Gasteiger partial charge in [0.1, 0.15) is 0 Å². The first-order chi connectivity index (χ1) is 8.94. The minimum absolute atomic E-state index is 0.0582. The number of halogens is 1. The van der Waals surface area contributed by atoms with Gasteiger partial charge in [0.25, 0.3) is 0 Å². The Hall–Kier alpha value is -0.780. The third-order valence-electron chi connectivity index (χ3n) is 3.51. The van der Waals surface area contributed by atoms with Gasteiger partial charge in [0.2, 0.25) is 0 Å². The van der Waals surface area contributed by atoms with Crippen molar-refractivity contribution >= 4 is 27.3 Å². The normalized spacial score (nSPS) is 21.2. The predicted molar refractivity (Wildman–Crippen MR) is 82.1 cm³/mol. The average Bonchev–Trinajstić information content (AvgIpc) is 2.73. The second kappa shape index (κ2) is 4.65. The summed E-state index contributed by atoms with van der Waals surface area (Å²) in [6.07, 6.45) is 3.87. The minimum atomic E-state index is 0.0582. The summed E-state index contributed by atoms with van der Waals surface area (Å²) >= 11 is 5.12. The zero-order chi connectivity index (χ0) is 13.6. The molecule has 1 aliphatic rings. The highest BCUT2D eigenvalue weighted by Gasteiger charge is 2.31. The molecule has 2 heterocycles. The topological polar surface area (TPSA) is 51.8 Å². The molecule has 19 heavy (non-hydrogen) atoms. The first-order valence-electron chi connectivity index (χ1n) is 6.30. The molecular weight excluding hydrogens is 322 g/mol. The molecule has 0 fully saturated rings. The van der Waals surface area contributed by atoms with Gasteiger partial charge in [-0.15, -0.1) is 11.3 Å². The molecule has 5 heteroatoms. The third kappa shape index (κ3) is 2.59. The second-order valence-electron chi connectivity index (χ2n) is 5.88. The van der Waals surface area contributed by atoms with Gasteiger partial charge in [-0.25, -0.2) is 9.97 Å². The standard InChI is InChI=1S/C14H16BrN3S/c1-14(2)4-10(16)9-6-17-13(18-11(9)5-14)12-3-8(15)7-19-12/h3,6-7,10H,4-5,16H2,1-2H3. The summed E-state index contributed by atoms with van der Waals surface area (Å²) in [7, 11) is 0. The van der Waals surface area contributed by atoms with Crippen LogP contribution in [-0.4, -0.2) is 9.97 Å². The van der Waals surface area contributed by atoms with Gasteiger partial charge in [-0.2, -0.15) is 0 Å². The van der Waals surface area contributed by atoms with Crippen molar-refractivity contribution < 1.29 is 0 Å². The maximum absolute atomic E-state index is 6.23. The van der Waals surface area contributed by atoms with E-state index in [-0.39, 0.29) is 11.5 Å². The van der Waals surface area contributed by atoms with Crippen molar-refractivity contribution in [2.45, 2.75) is 32.7 Å². The lowest BCUT2D eigenvalue weighted by Gasteiger charge is -2.34. The predicted octanol–water partition coefficient (Wildman–Crippen LogP) is 3.94. The van der Waals surface area contributed by atoms with Crippen LogP contribution in [0, 0.1) is 5.41 Å². The molecule has 3 rings (SSSR count). The fraction of sp³-hybridized carbons (Fsp3) is 0.429. The largest absolute Gasteiger partial charge is 0.324 e. The number of hydrogen-bond acceptors (Lipinski definition) is 4. The van der Waals surface area contributed by atoms with Gasteiger partial charge >= 0.3 is 0 Å². The molecule has 0 spiro atoms. The van der Waals surface area contributed by atoms with Crippen molar-refractivity contribution in [3.8, 4) is 10.7 Å². The molecule has 0 bridgehead atoms. The van der Waals surface area contributed by atoms with E-state index in [2.05, 4.69) is 40.8 Å². The Labute approximate surface area is 125 Å². The maximum atomic E-state index is 6.23. The minimum Gasteiger partial charge on any atom is -0.324 e. The molecule has 1 atom stereocenters. The number of nitrogens with two attached hydrogens (primary N) is 1. The Bertz CT molecular complexity index is 621. The fourth-order valence-corrected chi connectivity index (χ4v) is 4.02. The van der Waals surface area contributed by atoms with E-state index >= 15 is 0 Å². The molecule has 0 aliphatic heterocycles. The Morgan fingerprint density at radius 1 is 1.47 bits per heavy atom. The van der Waals surface area contributed by atoms with Crippen molar-refractivity contribution in [1.29, 1.82) is 0 Å². The quantitative estimate of drug-likeness (QED) is 0.857. The Morgan fingerprint density at radius 2 is 2.26 bits per heavy atom. The van der Waals surface area contributed by atoms with Crippen LogP contribution in [0.2, 0.25) is 0 Å². The van der Waals surface area contributed by atoms with Crippen molar-refractivity contribution in [3.63, 3.8) is 0 Å². The zero-order valence-corrected chi connectivity index (χ0v) is 13.4. The molecule has 0 saturated carbocycles. The highest BCUT2D eigenvalue weighted by atomic mass is 79.9. The van der Waals surface area contributed by atoms with E-state index in [0.29, 0.717) is 0 Å². The Morgan fingerprint density at radius 3 is 2.95 bits per heavy atom. The number of hydrogen-bond donors (Lipinski definition) is 1. The third-order valence-corrected chi connectivity index (χ3v) is 5.19. The summed E-state index contributed by atoms with van der Waals surface area (Å²) in [5, 5.41) is 2.05. The molecule has 1 aliphatic carbocycles. The van der Waals surface area contributed by atoms with Gasteiger partial charge < -0.3 is 5.73 Å². The molecule has 3 nitrogen and oxygen atoms in total. The second-order valence-corrected chi connectivity index (χ2v) is 7.70. The van der Waals surface area contributed by atoms with Crippen LogP contribution in [0.3, 0.4) is 0 Å². The van der Waals surface area contributed by atoms with Gasteiger partial charge in [-0.05, 0) is 40.3 Å². The van der Waals surface area contributed by atoms with E-state index in [0.717, 1.165) is 39.3 Å². The van der Waals surface area contributed by atoms with E-state index in [4.69, 9.17) is 10.7 Å². The van der Waals surface area contributed by atoms with Crippen molar-refractivity contribution in [3.05, 3.63) is 33.4 Å². The van der Waals surface area contributed by atoms with Crippen LogP contribution >= 0.6 is 27.3 Å². The highest BCUT2D eigenvalue weighted by molar-refractivity contribution is 9.10. The summed E-state index contributed by atoms with van der Waals surface area (Å²) in [6, 6.07) is 2.11. The Balaban J connectivity index is 2.04. The highest BCUT2D eigenvalue weighted by Crippen LogP contribution is 2.39. The van der Waals surface area contributed by atoms with Gasteiger partial charge in [-0.3, -0.25) is 0 Å². The summed E-state index contributed by atoms with van der Waals surface area (Å²) < 4.78 is 1.07. The molecule has 0 radical (unpaired) electrons. The lowest BCUT2D eigenvalue weighted by molar-refractivity contribution is 0.278. The summed E-state index contributed by atoms with van der Waals surface area (Å²) in [5.74, 6) is 0.805. The fourth-order valence-electron chi connectivity index (χ4n) is 2.66. The number of rotatable bonds is 1.